The summed E-state index contributed by atoms with van der Waals surface area (Å²) in [5.41, 5.74) is -0.570. The Labute approximate surface area is 133 Å². The highest BCUT2D eigenvalue weighted by Crippen LogP contribution is 2.31. The molecule has 0 N–H and O–H groups in total. The van der Waals surface area contributed by atoms with Crippen molar-refractivity contribution in [3.63, 3.8) is 0 Å². The van der Waals surface area contributed by atoms with Crippen LogP contribution in [0.4, 0.5) is 13.2 Å². The second kappa shape index (κ2) is 6.08. The van der Waals surface area contributed by atoms with Crippen LogP contribution in [-0.2, 0) is 11.9 Å². The van der Waals surface area contributed by atoms with Gasteiger partial charge in [0.15, 0.2) is 0 Å². The molecule has 0 saturated heterocycles. The summed E-state index contributed by atoms with van der Waals surface area (Å²) in [5.74, 6) is 0.501. The van der Waals surface area contributed by atoms with Gasteiger partial charge in [0.25, 0.3) is 5.22 Å². The Balaban J connectivity index is 1.94. The van der Waals surface area contributed by atoms with E-state index in [1.165, 1.54) is 0 Å². The van der Waals surface area contributed by atoms with Crippen LogP contribution in [0.25, 0.3) is 10.9 Å². The van der Waals surface area contributed by atoms with E-state index in [-0.39, 0.29) is 16.1 Å². The molecule has 0 saturated carbocycles. The lowest BCUT2D eigenvalue weighted by atomic mass is 10.1. The van der Waals surface area contributed by atoms with Gasteiger partial charge in [0.2, 0.25) is 0 Å². The van der Waals surface area contributed by atoms with Crippen LogP contribution in [0.2, 0.25) is 0 Å². The van der Waals surface area contributed by atoms with Crippen LogP contribution < -0.4 is 5.63 Å². The Morgan fingerprint density at radius 1 is 1.09 bits per heavy atom. The lowest BCUT2D eigenvalue weighted by molar-refractivity contribution is -0.137. The summed E-state index contributed by atoms with van der Waals surface area (Å²) in [6.07, 6.45) is -4.48. The van der Waals surface area contributed by atoms with E-state index >= 15 is 0 Å². The number of nitrogens with zero attached hydrogens (tertiary/aromatic N) is 1. The number of hydrogen-bond acceptors (Lipinski definition) is 4. The maximum Gasteiger partial charge on any atom is 0.416 e. The van der Waals surface area contributed by atoms with Crippen LogP contribution in [0.5, 0.6) is 0 Å². The van der Waals surface area contributed by atoms with E-state index in [9.17, 15) is 18.0 Å². The summed E-state index contributed by atoms with van der Waals surface area (Å²) in [5, 5.41) is 0.0766. The largest absolute Gasteiger partial charge is 0.416 e. The minimum atomic E-state index is -4.48. The summed E-state index contributed by atoms with van der Waals surface area (Å²) in [4.78, 5) is 15.9. The van der Waals surface area contributed by atoms with Gasteiger partial charge >= 0.3 is 11.8 Å². The van der Waals surface area contributed by atoms with Crippen molar-refractivity contribution in [1.82, 2.24) is 4.98 Å². The monoisotopic (exact) mass is 337 g/mol. The van der Waals surface area contributed by atoms with E-state index in [4.69, 9.17) is 4.42 Å². The van der Waals surface area contributed by atoms with E-state index in [1.807, 2.05) is 30.3 Å². The molecule has 7 heteroatoms. The molecule has 23 heavy (non-hydrogen) atoms. The van der Waals surface area contributed by atoms with Crippen LogP contribution in [0, 0.1) is 0 Å². The van der Waals surface area contributed by atoms with Crippen molar-refractivity contribution >= 4 is 22.7 Å². The number of aromatic nitrogens is 1. The second-order valence-corrected chi connectivity index (χ2v) is 5.70. The highest BCUT2D eigenvalue weighted by Gasteiger charge is 2.30. The highest BCUT2D eigenvalue weighted by molar-refractivity contribution is 7.98. The van der Waals surface area contributed by atoms with Crippen molar-refractivity contribution in [3.8, 4) is 0 Å². The summed E-state index contributed by atoms with van der Waals surface area (Å²) in [7, 11) is 0. The third-order valence-corrected chi connectivity index (χ3v) is 4.04. The predicted octanol–water partition coefficient (Wildman–Crippen LogP) is 4.50. The SMILES string of the molecule is O=c1oc(SCc2ccccc2)nc2cc(C(F)(F)F)ccc12. The van der Waals surface area contributed by atoms with E-state index in [0.717, 1.165) is 35.5 Å². The molecule has 0 amide bonds. The van der Waals surface area contributed by atoms with E-state index < -0.39 is 17.4 Å². The Hall–Kier alpha value is -2.28. The molecule has 0 aliphatic carbocycles. The van der Waals surface area contributed by atoms with Crippen molar-refractivity contribution in [2.75, 3.05) is 0 Å². The van der Waals surface area contributed by atoms with Crippen molar-refractivity contribution in [3.05, 3.63) is 70.1 Å². The fourth-order valence-electron chi connectivity index (χ4n) is 2.01. The molecule has 118 valence electrons. The molecule has 0 bridgehead atoms. The average molecular weight is 337 g/mol. The molecule has 0 spiro atoms. The molecule has 0 fully saturated rings. The van der Waals surface area contributed by atoms with Gasteiger partial charge in [-0.2, -0.15) is 13.2 Å². The third-order valence-electron chi connectivity index (χ3n) is 3.14. The first-order valence-electron chi connectivity index (χ1n) is 6.62. The first-order chi connectivity index (χ1) is 10.9. The molecular formula is C16H10F3NO2S. The molecular weight excluding hydrogens is 327 g/mol. The van der Waals surface area contributed by atoms with E-state index in [1.54, 1.807) is 0 Å². The van der Waals surface area contributed by atoms with Crippen molar-refractivity contribution in [2.24, 2.45) is 0 Å². The molecule has 3 nitrogen and oxygen atoms in total. The third kappa shape index (κ3) is 3.56. The second-order valence-electron chi connectivity index (χ2n) is 4.77. The lowest BCUT2D eigenvalue weighted by Crippen LogP contribution is -2.07. The van der Waals surface area contributed by atoms with E-state index in [2.05, 4.69) is 4.98 Å². The van der Waals surface area contributed by atoms with Crippen LogP contribution in [0.3, 0.4) is 0 Å². The van der Waals surface area contributed by atoms with Gasteiger partial charge in [0, 0.05) is 5.75 Å². The number of thioether (sulfide) groups is 1. The Morgan fingerprint density at radius 2 is 1.83 bits per heavy atom. The lowest BCUT2D eigenvalue weighted by Gasteiger charge is -2.07. The first-order valence-corrected chi connectivity index (χ1v) is 7.61. The highest BCUT2D eigenvalue weighted by atomic mass is 32.2. The maximum absolute atomic E-state index is 12.8. The zero-order valence-electron chi connectivity index (χ0n) is 11.6. The molecule has 0 unspecified atom stereocenters. The number of alkyl halides is 3. The van der Waals surface area contributed by atoms with Gasteiger partial charge in [-0.05, 0) is 23.8 Å². The van der Waals surface area contributed by atoms with Crippen LogP contribution in [0.1, 0.15) is 11.1 Å². The minimum Gasteiger partial charge on any atom is -0.397 e. The maximum atomic E-state index is 12.8. The van der Waals surface area contributed by atoms with Crippen molar-refractivity contribution in [1.29, 1.82) is 0 Å². The number of benzene rings is 2. The minimum absolute atomic E-state index is 0.0216. The van der Waals surface area contributed by atoms with Gasteiger partial charge < -0.3 is 4.42 Å². The molecule has 3 aromatic rings. The van der Waals surface area contributed by atoms with Crippen LogP contribution >= 0.6 is 11.8 Å². The van der Waals surface area contributed by atoms with Gasteiger partial charge in [-0.3, -0.25) is 0 Å². The smallest absolute Gasteiger partial charge is 0.397 e. The molecule has 0 atom stereocenters. The summed E-state index contributed by atoms with van der Waals surface area (Å²) in [6.45, 7) is 0. The van der Waals surface area contributed by atoms with Gasteiger partial charge in [-0.15, -0.1) is 0 Å². The van der Waals surface area contributed by atoms with Crippen LogP contribution in [0.15, 0.2) is 63.0 Å². The number of hydrogen-bond donors (Lipinski definition) is 0. The number of halogens is 3. The first kappa shape index (κ1) is 15.6. The number of fused-ring (bicyclic) bond motifs is 1. The summed E-state index contributed by atoms with van der Waals surface area (Å²) in [6, 6.07) is 12.2. The molecule has 0 radical (unpaired) electrons. The molecule has 1 aromatic heterocycles. The zero-order valence-corrected chi connectivity index (χ0v) is 12.4. The summed E-state index contributed by atoms with van der Waals surface area (Å²) < 4.78 is 43.3. The molecule has 0 aliphatic rings. The van der Waals surface area contributed by atoms with Gasteiger partial charge in [-0.1, -0.05) is 42.1 Å². The Bertz CT molecular complexity index is 891. The standard InChI is InChI=1S/C16H10F3NO2S/c17-16(18,19)11-6-7-12-13(8-11)20-15(22-14(12)21)23-9-10-4-2-1-3-5-10/h1-8H,9H2. The quantitative estimate of drug-likeness (QED) is 0.660. The van der Waals surface area contributed by atoms with Crippen molar-refractivity contribution < 1.29 is 17.6 Å². The number of rotatable bonds is 3. The molecule has 3 rings (SSSR count). The summed E-state index contributed by atoms with van der Waals surface area (Å²) >= 11 is 1.16. The normalized spacial score (nSPS) is 11.8. The molecule has 0 aliphatic heterocycles. The average Bonchev–Trinajstić information content (AvgIpc) is 2.52. The van der Waals surface area contributed by atoms with Gasteiger partial charge in [0.1, 0.15) is 0 Å². The zero-order chi connectivity index (χ0) is 16.4. The fraction of sp³-hybridized carbons (Fsp3) is 0.125. The van der Waals surface area contributed by atoms with Crippen LogP contribution in [-0.4, -0.2) is 4.98 Å². The topological polar surface area (TPSA) is 43.1 Å². The van der Waals surface area contributed by atoms with Crippen molar-refractivity contribution in [2.45, 2.75) is 17.2 Å². The molecule has 2 aromatic carbocycles. The van der Waals surface area contributed by atoms with E-state index in [0.29, 0.717) is 5.75 Å². The Morgan fingerprint density at radius 3 is 2.52 bits per heavy atom. The van der Waals surface area contributed by atoms with Gasteiger partial charge in [-0.25, -0.2) is 9.78 Å². The molecule has 1 heterocycles. The Kier molecular flexibility index (Phi) is 4.12. The fourth-order valence-corrected chi connectivity index (χ4v) is 2.79. The predicted molar refractivity (Wildman–Crippen MR) is 81.3 cm³/mol. The van der Waals surface area contributed by atoms with Gasteiger partial charge in [0.05, 0.1) is 16.5 Å².